The van der Waals surface area contributed by atoms with Crippen LogP contribution in [0.1, 0.15) is 43.2 Å². The Kier molecular flexibility index (Phi) is 9.38. The number of aryl methyl sites for hydroxylation is 1. The van der Waals surface area contributed by atoms with E-state index in [-0.39, 0.29) is 23.7 Å². The normalized spacial score (nSPS) is 19.5. The summed E-state index contributed by atoms with van der Waals surface area (Å²) in [5.74, 6) is 1.16. The maximum absolute atomic E-state index is 13.7. The quantitative estimate of drug-likeness (QED) is 0.342. The Morgan fingerprint density at radius 2 is 1.91 bits per heavy atom. The number of aromatic nitrogens is 4. The van der Waals surface area contributed by atoms with Crippen LogP contribution < -0.4 is 10.6 Å². The van der Waals surface area contributed by atoms with Crippen molar-refractivity contribution in [2.75, 3.05) is 63.1 Å². The SMILES string of the molecule is CCN(C(=O)[C@@H]1CCN(CC(=O)N2CC=C(c3ccc(-c4ncn(C)n4)s3)CC2)C1)c1ccc(N)c(C(=N)C2CCOCC2)n1. The van der Waals surface area contributed by atoms with Gasteiger partial charge >= 0.3 is 0 Å². The van der Waals surface area contributed by atoms with Gasteiger partial charge in [-0.15, -0.1) is 11.3 Å². The lowest BCUT2D eigenvalue weighted by atomic mass is 9.92. The van der Waals surface area contributed by atoms with E-state index < -0.39 is 0 Å². The summed E-state index contributed by atoms with van der Waals surface area (Å²) in [6, 6.07) is 7.67. The number of rotatable bonds is 9. The summed E-state index contributed by atoms with van der Waals surface area (Å²) in [4.78, 5) is 43.9. The van der Waals surface area contributed by atoms with Crippen LogP contribution in [0.3, 0.4) is 0 Å². The van der Waals surface area contributed by atoms with Crippen molar-refractivity contribution < 1.29 is 14.3 Å². The van der Waals surface area contributed by atoms with Gasteiger partial charge in [-0.25, -0.2) is 9.97 Å². The van der Waals surface area contributed by atoms with Crippen LogP contribution in [0.2, 0.25) is 0 Å². The Balaban J connectivity index is 1.03. The van der Waals surface area contributed by atoms with Crippen molar-refractivity contribution in [3.8, 4) is 10.7 Å². The summed E-state index contributed by atoms with van der Waals surface area (Å²) in [7, 11) is 1.86. The lowest BCUT2D eigenvalue weighted by Gasteiger charge is -2.28. The van der Waals surface area contributed by atoms with Gasteiger partial charge in [-0.3, -0.25) is 24.1 Å². The summed E-state index contributed by atoms with van der Waals surface area (Å²) >= 11 is 1.68. The van der Waals surface area contributed by atoms with E-state index in [0.717, 1.165) is 30.0 Å². The molecule has 1 atom stereocenters. The minimum absolute atomic E-state index is 0.00460. The lowest BCUT2D eigenvalue weighted by molar-refractivity contribution is -0.132. The van der Waals surface area contributed by atoms with Gasteiger partial charge in [0.25, 0.3) is 0 Å². The van der Waals surface area contributed by atoms with Gasteiger partial charge in [0.15, 0.2) is 5.82 Å². The first-order valence-electron chi connectivity index (χ1n) is 15.7. The topological polar surface area (TPSA) is 147 Å². The Bertz CT molecular complexity index is 1590. The molecule has 3 aromatic rings. The van der Waals surface area contributed by atoms with E-state index in [0.29, 0.717) is 81.8 Å². The van der Waals surface area contributed by atoms with Crippen molar-refractivity contribution in [3.05, 3.63) is 47.2 Å². The molecule has 12 nitrogen and oxygen atoms in total. The molecule has 0 aromatic carbocycles. The summed E-state index contributed by atoms with van der Waals surface area (Å²) in [6.07, 6.45) is 6.88. The molecular formula is C32H41N9O3S. The van der Waals surface area contributed by atoms with Crippen molar-refractivity contribution in [1.29, 1.82) is 5.41 Å². The molecule has 45 heavy (non-hydrogen) atoms. The fourth-order valence-electron chi connectivity index (χ4n) is 6.33. The molecule has 13 heteroatoms. The van der Waals surface area contributed by atoms with E-state index in [1.165, 1.54) is 10.5 Å². The molecule has 6 rings (SSSR count). The maximum Gasteiger partial charge on any atom is 0.237 e. The number of thiophene rings is 1. The highest BCUT2D eigenvalue weighted by molar-refractivity contribution is 7.16. The number of likely N-dealkylation sites (tertiary alicyclic amines) is 1. The van der Waals surface area contributed by atoms with E-state index in [4.69, 9.17) is 20.9 Å². The molecule has 0 radical (unpaired) electrons. The van der Waals surface area contributed by atoms with Gasteiger partial charge in [0.2, 0.25) is 11.8 Å². The van der Waals surface area contributed by atoms with Crippen LogP contribution in [-0.4, -0.2) is 99.6 Å². The van der Waals surface area contributed by atoms with Crippen molar-refractivity contribution in [2.45, 2.75) is 32.6 Å². The van der Waals surface area contributed by atoms with Gasteiger partial charge < -0.3 is 20.8 Å². The third kappa shape index (κ3) is 6.85. The van der Waals surface area contributed by atoms with Crippen LogP contribution in [0, 0.1) is 17.2 Å². The third-order valence-electron chi connectivity index (χ3n) is 8.94. The average molecular weight is 632 g/mol. The zero-order valence-electron chi connectivity index (χ0n) is 25.9. The van der Waals surface area contributed by atoms with Gasteiger partial charge in [0.1, 0.15) is 17.8 Å². The van der Waals surface area contributed by atoms with E-state index in [2.05, 4.69) is 33.2 Å². The molecule has 3 aliphatic heterocycles. The van der Waals surface area contributed by atoms with E-state index in [1.807, 2.05) is 18.9 Å². The number of carbonyl (C=O) groups is 2. The molecule has 2 saturated heterocycles. The molecule has 0 spiro atoms. The zero-order chi connectivity index (χ0) is 31.5. The minimum Gasteiger partial charge on any atom is -0.397 e. The summed E-state index contributed by atoms with van der Waals surface area (Å²) in [5.41, 5.74) is 8.80. The van der Waals surface area contributed by atoms with Crippen LogP contribution in [0.4, 0.5) is 11.5 Å². The van der Waals surface area contributed by atoms with Gasteiger partial charge in [-0.1, -0.05) is 6.08 Å². The molecule has 3 aliphatic rings. The molecule has 2 fully saturated rings. The van der Waals surface area contributed by atoms with E-state index in [1.54, 1.807) is 39.4 Å². The van der Waals surface area contributed by atoms with Gasteiger partial charge in [0, 0.05) is 57.2 Å². The Morgan fingerprint density at radius 1 is 1.11 bits per heavy atom. The molecule has 3 aromatic heterocycles. The van der Waals surface area contributed by atoms with Crippen molar-refractivity contribution in [3.63, 3.8) is 0 Å². The van der Waals surface area contributed by atoms with Crippen LogP contribution in [-0.2, 0) is 21.4 Å². The number of amides is 2. The second-order valence-corrected chi connectivity index (χ2v) is 13.0. The number of nitrogens with one attached hydrogen (secondary N) is 1. The molecule has 3 N–H and O–H groups in total. The number of nitrogens with zero attached hydrogens (tertiary/aromatic N) is 7. The molecule has 0 aliphatic carbocycles. The largest absolute Gasteiger partial charge is 0.397 e. The summed E-state index contributed by atoms with van der Waals surface area (Å²) in [5, 5.41) is 13.1. The molecular weight excluding hydrogens is 590 g/mol. The first kappa shape index (κ1) is 31.1. The predicted molar refractivity (Wildman–Crippen MR) is 175 cm³/mol. The Labute approximate surface area is 267 Å². The number of ether oxygens (including phenoxy) is 1. The Hall–Kier alpha value is -3.94. The average Bonchev–Trinajstić information content (AvgIpc) is 3.84. The number of hydrogen-bond donors (Lipinski definition) is 2. The molecule has 0 saturated carbocycles. The zero-order valence-corrected chi connectivity index (χ0v) is 26.8. The maximum atomic E-state index is 13.7. The first-order valence-corrected chi connectivity index (χ1v) is 16.5. The highest BCUT2D eigenvalue weighted by atomic mass is 32.1. The number of nitrogens with two attached hydrogens (primary N) is 1. The van der Waals surface area contributed by atoms with Gasteiger partial charge in [0.05, 0.1) is 28.7 Å². The van der Waals surface area contributed by atoms with Crippen LogP contribution in [0.5, 0.6) is 0 Å². The van der Waals surface area contributed by atoms with Gasteiger partial charge in [-0.2, -0.15) is 5.10 Å². The molecule has 2 amide bonds. The minimum atomic E-state index is -0.218. The number of pyridine rings is 1. The smallest absolute Gasteiger partial charge is 0.237 e. The third-order valence-corrected chi connectivity index (χ3v) is 10.1. The van der Waals surface area contributed by atoms with E-state index in [9.17, 15) is 9.59 Å². The highest BCUT2D eigenvalue weighted by Gasteiger charge is 2.34. The Morgan fingerprint density at radius 3 is 2.62 bits per heavy atom. The molecule has 6 heterocycles. The van der Waals surface area contributed by atoms with E-state index >= 15 is 0 Å². The van der Waals surface area contributed by atoms with Crippen molar-refractivity contribution >= 4 is 45.9 Å². The first-order chi connectivity index (χ1) is 21.8. The molecule has 0 unspecified atom stereocenters. The second-order valence-electron chi connectivity index (χ2n) is 11.9. The number of carbonyl (C=O) groups excluding carboxylic acids is 2. The summed E-state index contributed by atoms with van der Waals surface area (Å²) in [6.45, 7) is 6.44. The van der Waals surface area contributed by atoms with Crippen LogP contribution in [0.15, 0.2) is 36.7 Å². The van der Waals surface area contributed by atoms with Crippen LogP contribution >= 0.6 is 11.3 Å². The number of hydrogen-bond acceptors (Lipinski definition) is 10. The van der Waals surface area contributed by atoms with Crippen molar-refractivity contribution in [2.24, 2.45) is 18.9 Å². The van der Waals surface area contributed by atoms with Crippen LogP contribution in [0.25, 0.3) is 16.3 Å². The predicted octanol–water partition coefficient (Wildman–Crippen LogP) is 3.31. The second kappa shape index (κ2) is 13.6. The fraction of sp³-hybridized carbons (Fsp3) is 0.500. The van der Waals surface area contributed by atoms with Gasteiger partial charge in [-0.05, 0) is 69.0 Å². The lowest BCUT2D eigenvalue weighted by Crippen LogP contribution is -2.42. The monoisotopic (exact) mass is 631 g/mol. The highest BCUT2D eigenvalue weighted by Crippen LogP contribution is 2.33. The standard InChI is InChI=1S/C32H41N9O3S/c1-3-41(27-7-4-24(33)30(36-27)29(34)22-11-16-44-17-12-22)32(43)23-8-13-39(18-23)19-28(42)40-14-9-21(10-15-40)25-5-6-26(45-25)31-35-20-38(2)37-31/h4-7,9,20,22-23,34H,3,8,10-19,33H2,1-2H3/t23-/m1/s1. The number of nitrogen functional groups attached to an aromatic ring is 1. The summed E-state index contributed by atoms with van der Waals surface area (Å²) < 4.78 is 7.15. The van der Waals surface area contributed by atoms with Crippen molar-refractivity contribution in [1.82, 2.24) is 29.5 Å². The molecule has 238 valence electrons. The number of anilines is 2. The molecule has 0 bridgehead atoms. The fourth-order valence-corrected chi connectivity index (χ4v) is 7.34.